The van der Waals surface area contributed by atoms with Crippen molar-refractivity contribution in [2.45, 2.75) is 5.60 Å². The van der Waals surface area contributed by atoms with Gasteiger partial charge in [-0.1, -0.05) is 88.7 Å². The summed E-state index contributed by atoms with van der Waals surface area (Å²) < 4.78 is 1.00. The van der Waals surface area contributed by atoms with Gasteiger partial charge in [-0.25, -0.2) is 0 Å². The van der Waals surface area contributed by atoms with Gasteiger partial charge in [0.1, 0.15) is 0 Å². The Morgan fingerprint density at radius 2 is 1.11 bits per heavy atom. The van der Waals surface area contributed by atoms with Crippen LogP contribution in [0.5, 0.6) is 0 Å². The second kappa shape index (κ2) is 6.19. The summed E-state index contributed by atoms with van der Waals surface area (Å²) in [4.78, 5) is 0. The van der Waals surface area contributed by atoms with E-state index in [-0.39, 0.29) is 0 Å². The van der Waals surface area contributed by atoms with Crippen LogP contribution in [0.15, 0.2) is 102 Å². The maximum absolute atomic E-state index is 9.75. The van der Waals surface area contributed by atoms with Crippen LogP contribution in [-0.4, -0.2) is 5.11 Å². The van der Waals surface area contributed by atoms with Gasteiger partial charge in [0.25, 0.3) is 0 Å². The molecule has 0 bridgehead atoms. The lowest BCUT2D eigenvalue weighted by atomic mass is 9.80. The molecule has 0 saturated carbocycles. The number of halogens is 1. The first-order chi connectivity index (χ1) is 13.2. The summed E-state index contributed by atoms with van der Waals surface area (Å²) in [6, 6.07) is 33.3. The third-order valence-corrected chi connectivity index (χ3v) is 5.92. The molecule has 1 atom stereocenters. The second-order valence-electron chi connectivity index (χ2n) is 6.90. The standard InChI is InChI=1S/C25H17BrO/c26-18-14-15-21-20-11-5-7-13-23(20)25(27,24(21)16-18)22-12-6-4-10-19(22)17-8-2-1-3-9-17/h1-16,27H/p+1. The lowest BCUT2D eigenvalue weighted by Gasteiger charge is -2.24. The molecule has 27 heavy (non-hydrogen) atoms. The van der Waals surface area contributed by atoms with Crippen molar-refractivity contribution in [3.05, 3.63) is 118 Å². The monoisotopic (exact) mass is 413 g/mol. The van der Waals surface area contributed by atoms with Crippen molar-refractivity contribution in [3.8, 4) is 22.3 Å². The van der Waals surface area contributed by atoms with Crippen LogP contribution in [0.4, 0.5) is 0 Å². The number of benzene rings is 4. The van der Waals surface area contributed by atoms with E-state index < -0.39 is 5.60 Å². The van der Waals surface area contributed by atoms with Crippen molar-refractivity contribution < 1.29 is 5.11 Å². The van der Waals surface area contributed by atoms with Gasteiger partial charge in [-0.3, -0.25) is 0 Å². The SMILES string of the molecule is [OH2+]C1(c2ccccc2-c2ccccc2)c2ccccc2-c2ccc(Br)cc21. The van der Waals surface area contributed by atoms with E-state index in [1.165, 1.54) is 0 Å². The van der Waals surface area contributed by atoms with Gasteiger partial charge in [0, 0.05) is 4.47 Å². The number of hydrogen-bond acceptors (Lipinski definition) is 0. The summed E-state index contributed by atoms with van der Waals surface area (Å²) in [6.45, 7) is 0. The Bertz CT molecular complexity index is 1150. The lowest BCUT2D eigenvalue weighted by Crippen LogP contribution is -2.27. The van der Waals surface area contributed by atoms with Gasteiger partial charge in [-0.05, 0) is 46.5 Å². The van der Waals surface area contributed by atoms with Crippen LogP contribution in [0.3, 0.4) is 0 Å². The third-order valence-electron chi connectivity index (χ3n) is 5.42. The minimum absolute atomic E-state index is 0.942. The van der Waals surface area contributed by atoms with Crippen LogP contribution in [0.1, 0.15) is 16.7 Å². The van der Waals surface area contributed by atoms with Gasteiger partial charge in [0.15, 0.2) is 0 Å². The molecule has 0 radical (unpaired) electrons. The average molecular weight is 414 g/mol. The van der Waals surface area contributed by atoms with Crippen molar-refractivity contribution in [2.24, 2.45) is 0 Å². The van der Waals surface area contributed by atoms with E-state index >= 15 is 0 Å². The largest absolute Gasteiger partial charge is 0.430 e. The Morgan fingerprint density at radius 1 is 0.556 bits per heavy atom. The van der Waals surface area contributed by atoms with Crippen LogP contribution >= 0.6 is 15.9 Å². The van der Waals surface area contributed by atoms with Gasteiger partial charge in [-0.2, -0.15) is 0 Å². The van der Waals surface area contributed by atoms with E-state index in [1.54, 1.807) is 0 Å². The average Bonchev–Trinajstić information content (AvgIpc) is 2.98. The topological polar surface area (TPSA) is 22.9 Å². The molecule has 2 heteroatoms. The normalized spacial score (nSPS) is 17.4. The van der Waals surface area contributed by atoms with Crippen molar-refractivity contribution in [1.82, 2.24) is 0 Å². The Kier molecular flexibility index (Phi) is 3.78. The predicted octanol–water partition coefficient (Wildman–Crippen LogP) is 6.11. The highest BCUT2D eigenvalue weighted by Crippen LogP contribution is 2.53. The van der Waals surface area contributed by atoms with Gasteiger partial charge < -0.3 is 5.11 Å². The van der Waals surface area contributed by atoms with E-state index in [0.717, 1.165) is 43.4 Å². The molecule has 0 spiro atoms. The molecule has 0 aromatic heterocycles. The van der Waals surface area contributed by atoms with Gasteiger partial charge in [-0.15, -0.1) is 0 Å². The van der Waals surface area contributed by atoms with E-state index in [4.69, 9.17) is 0 Å². The molecule has 0 fully saturated rings. The molecular formula is C25H18BrO+. The Morgan fingerprint density at radius 3 is 1.85 bits per heavy atom. The molecule has 0 saturated heterocycles. The first-order valence-electron chi connectivity index (χ1n) is 8.99. The summed E-state index contributed by atoms with van der Waals surface area (Å²) in [7, 11) is 0. The third kappa shape index (κ3) is 2.41. The van der Waals surface area contributed by atoms with Gasteiger partial charge >= 0.3 is 0 Å². The molecule has 4 aromatic rings. The van der Waals surface area contributed by atoms with E-state index in [2.05, 4.69) is 94.8 Å². The van der Waals surface area contributed by atoms with Crippen LogP contribution in [0.25, 0.3) is 22.3 Å². The first kappa shape index (κ1) is 16.5. The molecule has 130 valence electrons. The van der Waals surface area contributed by atoms with E-state index in [9.17, 15) is 5.11 Å². The minimum Gasteiger partial charge on any atom is -0.430 e. The number of fused-ring (bicyclic) bond motifs is 3. The fourth-order valence-electron chi connectivity index (χ4n) is 4.22. The number of hydrogen-bond donors (Lipinski definition) is 0. The van der Waals surface area contributed by atoms with Crippen molar-refractivity contribution in [2.75, 3.05) is 0 Å². The fraction of sp³-hybridized carbons (Fsp3) is 0.0400. The summed E-state index contributed by atoms with van der Waals surface area (Å²) in [6.07, 6.45) is 0. The van der Waals surface area contributed by atoms with Crippen LogP contribution in [0.2, 0.25) is 0 Å². The zero-order valence-corrected chi connectivity index (χ0v) is 16.2. The Balaban J connectivity index is 1.86. The highest BCUT2D eigenvalue weighted by Gasteiger charge is 2.49. The zero-order chi connectivity index (χ0) is 18.4. The Labute approximate surface area is 167 Å². The maximum Gasteiger partial charge on any atom is 0.244 e. The van der Waals surface area contributed by atoms with Crippen molar-refractivity contribution >= 4 is 15.9 Å². The van der Waals surface area contributed by atoms with E-state index in [0.29, 0.717) is 0 Å². The van der Waals surface area contributed by atoms with Crippen molar-refractivity contribution in [1.29, 1.82) is 0 Å². The summed E-state index contributed by atoms with van der Waals surface area (Å²) in [5, 5.41) is 9.75. The van der Waals surface area contributed by atoms with Crippen LogP contribution in [-0.2, 0) is 5.60 Å². The molecule has 0 aliphatic heterocycles. The fourth-order valence-corrected chi connectivity index (χ4v) is 4.58. The molecule has 1 unspecified atom stereocenters. The molecular weight excluding hydrogens is 396 g/mol. The van der Waals surface area contributed by atoms with Crippen molar-refractivity contribution in [3.63, 3.8) is 0 Å². The predicted molar refractivity (Wildman–Crippen MR) is 115 cm³/mol. The summed E-state index contributed by atoms with van der Waals surface area (Å²) in [5.74, 6) is 0. The maximum atomic E-state index is 9.75. The highest BCUT2D eigenvalue weighted by molar-refractivity contribution is 9.10. The van der Waals surface area contributed by atoms with Gasteiger partial charge in [0.05, 0.1) is 16.7 Å². The van der Waals surface area contributed by atoms with Crippen LogP contribution < -0.4 is 0 Å². The van der Waals surface area contributed by atoms with Gasteiger partial charge in [0.2, 0.25) is 5.60 Å². The molecule has 0 heterocycles. The number of rotatable bonds is 2. The summed E-state index contributed by atoms with van der Waals surface area (Å²) >= 11 is 3.61. The molecule has 2 N–H and O–H groups in total. The van der Waals surface area contributed by atoms with Crippen LogP contribution in [0, 0.1) is 0 Å². The summed E-state index contributed by atoms with van der Waals surface area (Å²) in [5.41, 5.74) is 6.69. The smallest absolute Gasteiger partial charge is 0.244 e. The molecule has 1 aliphatic rings. The second-order valence-corrected chi connectivity index (χ2v) is 7.81. The minimum atomic E-state index is -0.942. The molecule has 5 rings (SSSR count). The lowest BCUT2D eigenvalue weighted by molar-refractivity contribution is 0.131. The molecule has 1 aliphatic carbocycles. The highest BCUT2D eigenvalue weighted by atomic mass is 79.9. The molecule has 1 nitrogen and oxygen atoms in total. The zero-order valence-electron chi connectivity index (χ0n) is 14.6. The first-order valence-corrected chi connectivity index (χ1v) is 9.79. The Hall–Kier alpha value is -2.68. The quantitative estimate of drug-likeness (QED) is 0.353. The van der Waals surface area contributed by atoms with E-state index in [1.807, 2.05) is 18.2 Å². The molecule has 0 amide bonds. The molecule has 4 aromatic carbocycles.